The quantitative estimate of drug-likeness (QED) is 0.490. The molecule has 186 valence electrons. The number of rotatable bonds is 5. The van der Waals surface area contributed by atoms with E-state index in [0.29, 0.717) is 25.2 Å². The molecule has 4 fully saturated rings. The van der Waals surface area contributed by atoms with Gasteiger partial charge in [0.15, 0.2) is 6.35 Å². The summed E-state index contributed by atoms with van der Waals surface area (Å²) in [6.45, 7) is 9.04. The first-order valence-electron chi connectivity index (χ1n) is 12.9. The molecule has 4 saturated carbocycles. The predicted octanol–water partition coefficient (Wildman–Crippen LogP) is 5.80. The van der Waals surface area contributed by atoms with Crippen LogP contribution in [0.3, 0.4) is 0 Å². The van der Waals surface area contributed by atoms with Crippen LogP contribution in [-0.4, -0.2) is 33.0 Å². The van der Waals surface area contributed by atoms with Gasteiger partial charge in [0.05, 0.1) is 11.0 Å². The standard InChI is InChI=1S/C28H39ClN2O3/c1-18-7-10-28(20-6-5-19(22(29)14-20)8-9-25(2,3)4)21(13-18)15-31(24(34)30-28)27-12-11-26(16-27,17-27)23(32)33/h5-6,14-15,18,24,30,34H,7-13,16-17H2,1-4H3,(H,32,33)/t18?,24?,26?,27?,28-/m1/s1. The van der Waals surface area contributed by atoms with Gasteiger partial charge in [0.2, 0.25) is 0 Å². The minimum Gasteiger partial charge on any atom is -0.481 e. The SMILES string of the molecule is CC1CC[C@]2(c3ccc(CCC(C)(C)C)c(Cl)c3)NC(O)N(C34CCC(C(=O)O)(C3)C4)C=C2C1. The molecule has 3 N–H and O–H groups in total. The van der Waals surface area contributed by atoms with Crippen LogP contribution in [0.15, 0.2) is 30.0 Å². The minimum absolute atomic E-state index is 0.251. The molecule has 6 heteroatoms. The Morgan fingerprint density at radius 2 is 1.97 bits per heavy atom. The van der Waals surface area contributed by atoms with Crippen LogP contribution in [0.1, 0.15) is 90.2 Å². The number of benzene rings is 1. The third kappa shape index (κ3) is 3.79. The average Bonchev–Trinajstić information content (AvgIpc) is 3.30. The van der Waals surface area contributed by atoms with E-state index < -0.39 is 23.3 Å². The number of carbonyl (C=O) groups is 1. The Hall–Kier alpha value is -1.56. The molecule has 2 unspecified atom stereocenters. The lowest BCUT2D eigenvalue weighted by Crippen LogP contribution is -2.67. The second-order valence-corrected chi connectivity index (χ2v) is 13.3. The Morgan fingerprint density at radius 3 is 2.59 bits per heavy atom. The van der Waals surface area contributed by atoms with Crippen molar-refractivity contribution in [3.8, 4) is 0 Å². The van der Waals surface area contributed by atoms with E-state index in [9.17, 15) is 15.0 Å². The van der Waals surface area contributed by atoms with Crippen molar-refractivity contribution in [1.29, 1.82) is 0 Å². The fourth-order valence-corrected chi connectivity index (χ4v) is 7.34. The molecule has 5 nitrogen and oxygen atoms in total. The molecule has 4 aliphatic carbocycles. The number of hydrogen-bond donors (Lipinski definition) is 3. The third-order valence-electron chi connectivity index (χ3n) is 9.16. The van der Waals surface area contributed by atoms with Crippen LogP contribution in [-0.2, 0) is 16.8 Å². The molecular formula is C28H39ClN2O3. The topological polar surface area (TPSA) is 72.8 Å². The van der Waals surface area contributed by atoms with Crippen molar-refractivity contribution >= 4 is 17.6 Å². The Kier molecular flexibility index (Phi) is 5.66. The van der Waals surface area contributed by atoms with Gasteiger partial charge in [0.25, 0.3) is 0 Å². The number of aryl methyl sites for hydroxylation is 1. The summed E-state index contributed by atoms with van der Waals surface area (Å²) < 4.78 is 0. The summed E-state index contributed by atoms with van der Waals surface area (Å²) in [6, 6.07) is 6.46. The Balaban J connectivity index is 1.46. The highest BCUT2D eigenvalue weighted by molar-refractivity contribution is 6.31. The predicted molar refractivity (Wildman–Crippen MR) is 134 cm³/mol. The van der Waals surface area contributed by atoms with Crippen LogP contribution < -0.4 is 5.32 Å². The molecule has 6 rings (SSSR count). The summed E-state index contributed by atoms with van der Waals surface area (Å²) >= 11 is 6.80. The van der Waals surface area contributed by atoms with E-state index >= 15 is 0 Å². The molecule has 0 amide bonds. The van der Waals surface area contributed by atoms with Gasteiger partial charge in [0, 0.05) is 16.8 Å². The van der Waals surface area contributed by atoms with E-state index in [0.717, 1.165) is 49.1 Å². The number of aliphatic hydroxyl groups is 1. The number of fused-ring (bicyclic) bond motifs is 2. The van der Waals surface area contributed by atoms with E-state index in [1.807, 2.05) is 4.90 Å². The zero-order valence-electron chi connectivity index (χ0n) is 21.0. The molecule has 2 bridgehead atoms. The van der Waals surface area contributed by atoms with E-state index in [1.165, 1.54) is 11.1 Å². The molecule has 1 aliphatic heterocycles. The van der Waals surface area contributed by atoms with Crippen molar-refractivity contribution in [3.05, 3.63) is 46.1 Å². The van der Waals surface area contributed by atoms with Crippen LogP contribution in [0.5, 0.6) is 0 Å². The van der Waals surface area contributed by atoms with Gasteiger partial charge in [-0.15, -0.1) is 0 Å². The fourth-order valence-electron chi connectivity index (χ4n) is 7.07. The lowest BCUT2D eigenvalue weighted by Gasteiger charge is -2.58. The monoisotopic (exact) mass is 486 g/mol. The van der Waals surface area contributed by atoms with Crippen molar-refractivity contribution in [1.82, 2.24) is 10.2 Å². The minimum atomic E-state index is -0.846. The maximum Gasteiger partial charge on any atom is 0.309 e. The van der Waals surface area contributed by atoms with Gasteiger partial charge in [-0.05, 0) is 91.9 Å². The summed E-state index contributed by atoms with van der Waals surface area (Å²) in [6.07, 6.45) is 9.06. The molecule has 0 saturated heterocycles. The van der Waals surface area contributed by atoms with Gasteiger partial charge < -0.3 is 15.1 Å². The normalized spacial score (nSPS) is 37.1. The molecule has 5 aliphatic rings. The molecule has 1 aromatic carbocycles. The molecule has 0 aromatic heterocycles. The summed E-state index contributed by atoms with van der Waals surface area (Å²) in [4.78, 5) is 13.9. The van der Waals surface area contributed by atoms with Crippen LogP contribution in [0.25, 0.3) is 0 Å². The molecule has 0 spiro atoms. The zero-order chi connectivity index (χ0) is 24.5. The summed E-state index contributed by atoms with van der Waals surface area (Å²) in [5, 5.41) is 25.5. The summed E-state index contributed by atoms with van der Waals surface area (Å²) in [5.74, 6) is -0.116. The first-order valence-corrected chi connectivity index (χ1v) is 13.2. The first kappa shape index (κ1) is 24.1. The highest BCUT2D eigenvalue weighted by atomic mass is 35.5. The number of nitrogens with zero attached hydrogens (tertiary/aromatic N) is 1. The van der Waals surface area contributed by atoms with Crippen LogP contribution in [0, 0.1) is 16.7 Å². The number of aliphatic hydroxyl groups excluding tert-OH is 1. The van der Waals surface area contributed by atoms with Crippen molar-refractivity contribution in [2.75, 3.05) is 0 Å². The maximum absolute atomic E-state index is 11.8. The Morgan fingerprint density at radius 1 is 1.24 bits per heavy atom. The molecule has 1 heterocycles. The molecular weight excluding hydrogens is 448 g/mol. The van der Waals surface area contributed by atoms with E-state index in [1.54, 1.807) is 0 Å². The van der Waals surface area contributed by atoms with Gasteiger partial charge >= 0.3 is 5.97 Å². The number of hydrogen-bond acceptors (Lipinski definition) is 4. The second kappa shape index (κ2) is 7.97. The number of nitrogens with one attached hydrogen (secondary N) is 1. The van der Waals surface area contributed by atoms with Crippen molar-refractivity contribution in [2.24, 2.45) is 16.7 Å². The van der Waals surface area contributed by atoms with E-state index in [4.69, 9.17) is 11.6 Å². The number of carboxylic acid groups (broad SMARTS) is 1. The van der Waals surface area contributed by atoms with Crippen LogP contribution in [0.2, 0.25) is 5.02 Å². The first-order chi connectivity index (χ1) is 15.9. The average molecular weight is 487 g/mol. The van der Waals surface area contributed by atoms with Gasteiger partial charge in [-0.25, -0.2) is 0 Å². The van der Waals surface area contributed by atoms with Crippen molar-refractivity contribution in [2.45, 2.75) is 103 Å². The zero-order valence-corrected chi connectivity index (χ0v) is 21.7. The molecule has 1 aromatic rings. The van der Waals surface area contributed by atoms with Gasteiger partial charge in [-0.1, -0.05) is 51.4 Å². The van der Waals surface area contributed by atoms with E-state index in [-0.39, 0.29) is 11.0 Å². The van der Waals surface area contributed by atoms with Crippen molar-refractivity contribution < 1.29 is 15.0 Å². The van der Waals surface area contributed by atoms with E-state index in [2.05, 4.69) is 57.4 Å². The Bertz CT molecular complexity index is 1020. The number of carboxylic acids is 1. The lowest BCUT2D eigenvalue weighted by atomic mass is 9.63. The van der Waals surface area contributed by atoms with Crippen LogP contribution >= 0.6 is 11.6 Å². The lowest BCUT2D eigenvalue weighted by molar-refractivity contribution is -0.166. The molecule has 0 radical (unpaired) electrons. The molecule has 3 atom stereocenters. The van der Waals surface area contributed by atoms with Crippen molar-refractivity contribution in [3.63, 3.8) is 0 Å². The summed E-state index contributed by atoms with van der Waals surface area (Å²) in [7, 11) is 0. The van der Waals surface area contributed by atoms with Gasteiger partial charge in [-0.3, -0.25) is 10.1 Å². The summed E-state index contributed by atoms with van der Waals surface area (Å²) in [5.41, 5.74) is 2.55. The number of aliphatic carboxylic acids is 1. The maximum atomic E-state index is 11.8. The van der Waals surface area contributed by atoms with Gasteiger partial charge in [0.1, 0.15) is 0 Å². The number of halogens is 1. The largest absolute Gasteiger partial charge is 0.481 e. The second-order valence-electron chi connectivity index (χ2n) is 12.9. The highest BCUT2D eigenvalue weighted by Crippen LogP contribution is 2.65. The third-order valence-corrected chi connectivity index (χ3v) is 9.51. The smallest absolute Gasteiger partial charge is 0.309 e. The fraction of sp³-hybridized carbons (Fsp3) is 0.679. The van der Waals surface area contributed by atoms with Crippen LogP contribution in [0.4, 0.5) is 0 Å². The highest BCUT2D eigenvalue weighted by Gasteiger charge is 2.68. The molecule has 34 heavy (non-hydrogen) atoms. The van der Waals surface area contributed by atoms with Gasteiger partial charge in [-0.2, -0.15) is 0 Å². The Labute approximate surface area is 208 Å².